The number of nitrogens with zero attached hydrogens (tertiary/aromatic N) is 1. The molecule has 3 aromatic rings. The van der Waals surface area contributed by atoms with Crippen molar-refractivity contribution >= 4 is 38.2 Å². The number of nitrogens with two attached hydrogens (primary N) is 1. The van der Waals surface area contributed by atoms with Crippen molar-refractivity contribution in [2.24, 2.45) is 0 Å². The van der Waals surface area contributed by atoms with Crippen LogP contribution in [0.15, 0.2) is 47.4 Å². The summed E-state index contributed by atoms with van der Waals surface area (Å²) < 4.78 is 28.1. The average Bonchev–Trinajstić information content (AvgIpc) is 2.86. The fourth-order valence-corrected chi connectivity index (χ4v) is 3.80. The third kappa shape index (κ3) is 2.66. The summed E-state index contributed by atoms with van der Waals surface area (Å²) in [7, 11) is -2.07. The average molecular weight is 364 g/mol. The minimum absolute atomic E-state index is 0.217. The maximum absolute atomic E-state index is 11.9. The topological polar surface area (TPSA) is 77.1 Å². The summed E-state index contributed by atoms with van der Waals surface area (Å²) in [5.41, 5.74) is 9.72. The van der Waals surface area contributed by atoms with Crippen LogP contribution in [0.2, 0.25) is 5.02 Å². The molecular weight excluding hydrogens is 346 g/mol. The lowest BCUT2D eigenvalue weighted by molar-refractivity contribution is 0.588. The van der Waals surface area contributed by atoms with Crippen molar-refractivity contribution in [3.63, 3.8) is 0 Å². The van der Waals surface area contributed by atoms with E-state index >= 15 is 0 Å². The van der Waals surface area contributed by atoms with Gasteiger partial charge in [-0.05, 0) is 44.3 Å². The second kappa shape index (κ2) is 6.12. The van der Waals surface area contributed by atoms with Crippen LogP contribution in [0.3, 0.4) is 0 Å². The Morgan fingerprint density at radius 1 is 1.17 bits per heavy atom. The van der Waals surface area contributed by atoms with Crippen molar-refractivity contribution in [1.29, 1.82) is 0 Å². The van der Waals surface area contributed by atoms with Gasteiger partial charge in [0.25, 0.3) is 0 Å². The minimum Gasteiger partial charge on any atom is -0.396 e. The summed E-state index contributed by atoms with van der Waals surface area (Å²) in [6, 6.07) is 12.3. The van der Waals surface area contributed by atoms with Crippen LogP contribution in [0.25, 0.3) is 22.2 Å². The number of hydrogen-bond acceptors (Lipinski definition) is 3. The number of halogens is 1. The highest BCUT2D eigenvalue weighted by molar-refractivity contribution is 7.89. The zero-order valence-electron chi connectivity index (χ0n) is 13.4. The van der Waals surface area contributed by atoms with Gasteiger partial charge >= 0.3 is 0 Å². The van der Waals surface area contributed by atoms with Crippen LogP contribution in [0, 0.1) is 0 Å². The Bertz CT molecular complexity index is 1010. The molecule has 0 aliphatic carbocycles. The second-order valence-corrected chi connectivity index (χ2v) is 7.72. The fraction of sp³-hybridized carbons (Fsp3) is 0.176. The number of benzene rings is 2. The molecule has 0 fully saturated rings. The van der Waals surface area contributed by atoms with E-state index in [1.165, 1.54) is 7.05 Å². The highest BCUT2D eigenvalue weighted by Gasteiger charge is 2.17. The van der Waals surface area contributed by atoms with Crippen LogP contribution in [-0.2, 0) is 16.6 Å². The molecule has 0 aliphatic heterocycles. The molecule has 2 aromatic carbocycles. The molecule has 126 valence electrons. The molecule has 1 aromatic heterocycles. The molecule has 0 saturated heterocycles. The van der Waals surface area contributed by atoms with Gasteiger partial charge in [0.1, 0.15) is 0 Å². The Morgan fingerprint density at radius 3 is 2.42 bits per heavy atom. The second-order valence-electron chi connectivity index (χ2n) is 5.40. The number of nitrogens with one attached hydrogen (secondary N) is 1. The summed E-state index contributed by atoms with van der Waals surface area (Å²) in [6.07, 6.45) is 0. The van der Waals surface area contributed by atoms with Crippen molar-refractivity contribution in [3.05, 3.63) is 47.5 Å². The molecule has 0 spiro atoms. The van der Waals surface area contributed by atoms with Gasteiger partial charge in [-0.1, -0.05) is 23.7 Å². The van der Waals surface area contributed by atoms with E-state index in [0.29, 0.717) is 10.7 Å². The molecule has 0 amide bonds. The number of sulfonamides is 1. The van der Waals surface area contributed by atoms with E-state index in [2.05, 4.69) is 9.29 Å². The third-order valence-corrected chi connectivity index (χ3v) is 5.75. The van der Waals surface area contributed by atoms with Crippen molar-refractivity contribution in [1.82, 2.24) is 9.29 Å². The maximum Gasteiger partial charge on any atom is 0.240 e. The number of anilines is 1. The lowest BCUT2D eigenvalue weighted by Crippen LogP contribution is -2.18. The lowest BCUT2D eigenvalue weighted by Gasteiger charge is -2.10. The van der Waals surface area contributed by atoms with Crippen LogP contribution >= 0.6 is 11.6 Å². The molecule has 0 unspecified atom stereocenters. The standard InChI is InChI=1S/C17H18ClN3O2S/c1-3-21-15-9-6-12(18)10-14(15)16(19)17(21)11-4-7-13(8-5-11)24(22,23)20-2/h4-10,20H,3,19H2,1-2H3. The minimum atomic E-state index is -3.46. The third-order valence-electron chi connectivity index (χ3n) is 4.09. The molecule has 0 aliphatic rings. The van der Waals surface area contributed by atoms with Gasteiger partial charge in [-0.2, -0.15) is 0 Å². The van der Waals surface area contributed by atoms with Gasteiger partial charge in [-0.15, -0.1) is 0 Å². The number of rotatable bonds is 4. The smallest absolute Gasteiger partial charge is 0.240 e. The van der Waals surface area contributed by atoms with Crippen molar-refractivity contribution in [2.45, 2.75) is 18.4 Å². The summed E-state index contributed by atoms with van der Waals surface area (Å²) in [4.78, 5) is 0.217. The summed E-state index contributed by atoms with van der Waals surface area (Å²) in [5, 5.41) is 1.52. The van der Waals surface area contributed by atoms with Gasteiger partial charge in [0.05, 0.1) is 21.8 Å². The molecule has 0 saturated carbocycles. The van der Waals surface area contributed by atoms with Gasteiger partial charge in [0, 0.05) is 22.5 Å². The van der Waals surface area contributed by atoms with Crippen molar-refractivity contribution < 1.29 is 8.42 Å². The highest BCUT2D eigenvalue weighted by Crippen LogP contribution is 2.37. The van der Waals surface area contributed by atoms with E-state index in [-0.39, 0.29) is 4.90 Å². The van der Waals surface area contributed by atoms with Crippen LogP contribution < -0.4 is 10.5 Å². The monoisotopic (exact) mass is 363 g/mol. The van der Waals surface area contributed by atoms with Gasteiger partial charge in [0.15, 0.2) is 0 Å². The summed E-state index contributed by atoms with van der Waals surface area (Å²) >= 11 is 6.09. The SMILES string of the molecule is CCn1c(-c2ccc(S(=O)(=O)NC)cc2)c(N)c2cc(Cl)ccc21. The normalized spacial score (nSPS) is 12.0. The zero-order chi connectivity index (χ0) is 17.5. The lowest BCUT2D eigenvalue weighted by atomic mass is 10.1. The first-order valence-corrected chi connectivity index (χ1v) is 9.36. The molecule has 3 N–H and O–H groups in total. The van der Waals surface area contributed by atoms with Gasteiger partial charge in [0.2, 0.25) is 10.0 Å². The van der Waals surface area contributed by atoms with E-state index in [1.54, 1.807) is 24.3 Å². The molecule has 0 radical (unpaired) electrons. The van der Waals surface area contributed by atoms with Crippen LogP contribution in [0.4, 0.5) is 5.69 Å². The fourth-order valence-electron chi connectivity index (χ4n) is 2.90. The van der Waals surface area contributed by atoms with E-state index in [9.17, 15) is 8.42 Å². The first-order valence-electron chi connectivity index (χ1n) is 7.50. The Labute approximate surface area is 146 Å². The molecule has 1 heterocycles. The Balaban J connectivity index is 2.21. The molecule has 7 heteroatoms. The molecule has 0 atom stereocenters. The quantitative estimate of drug-likeness (QED) is 0.745. The largest absolute Gasteiger partial charge is 0.396 e. The first-order chi connectivity index (χ1) is 11.4. The van der Waals surface area contributed by atoms with E-state index in [4.69, 9.17) is 17.3 Å². The van der Waals surface area contributed by atoms with Crippen LogP contribution in [-0.4, -0.2) is 20.0 Å². The van der Waals surface area contributed by atoms with Gasteiger partial charge in [-0.3, -0.25) is 0 Å². The Hall–Kier alpha value is -2.02. The molecule has 24 heavy (non-hydrogen) atoms. The predicted molar refractivity (Wildman–Crippen MR) is 98.7 cm³/mol. The van der Waals surface area contributed by atoms with Gasteiger partial charge in [-0.25, -0.2) is 13.1 Å². The first kappa shape index (κ1) is 16.8. The summed E-state index contributed by atoms with van der Waals surface area (Å²) in [6.45, 7) is 2.78. The van der Waals surface area contributed by atoms with E-state index < -0.39 is 10.0 Å². The number of aryl methyl sites for hydroxylation is 1. The zero-order valence-corrected chi connectivity index (χ0v) is 14.9. The van der Waals surface area contributed by atoms with Crippen LogP contribution in [0.5, 0.6) is 0 Å². The highest BCUT2D eigenvalue weighted by atomic mass is 35.5. The number of fused-ring (bicyclic) bond motifs is 1. The van der Waals surface area contributed by atoms with Crippen molar-refractivity contribution in [2.75, 3.05) is 12.8 Å². The van der Waals surface area contributed by atoms with E-state index in [1.807, 2.05) is 25.1 Å². The maximum atomic E-state index is 11.9. The predicted octanol–water partition coefficient (Wildman–Crippen LogP) is 3.47. The Kier molecular flexibility index (Phi) is 4.29. The molecular formula is C17H18ClN3O2S. The molecule has 0 bridgehead atoms. The van der Waals surface area contributed by atoms with E-state index in [0.717, 1.165) is 28.7 Å². The van der Waals surface area contributed by atoms with Crippen molar-refractivity contribution in [3.8, 4) is 11.3 Å². The van der Waals surface area contributed by atoms with Gasteiger partial charge < -0.3 is 10.3 Å². The van der Waals surface area contributed by atoms with Crippen LogP contribution in [0.1, 0.15) is 6.92 Å². The number of nitrogen functional groups attached to an aromatic ring is 1. The molecule has 5 nitrogen and oxygen atoms in total. The summed E-state index contributed by atoms with van der Waals surface area (Å²) in [5.74, 6) is 0. The molecule has 3 rings (SSSR count). The Morgan fingerprint density at radius 2 is 1.83 bits per heavy atom. The number of hydrogen-bond donors (Lipinski definition) is 2. The number of aromatic nitrogens is 1.